The Hall–Kier alpha value is -3.42. The van der Waals surface area contributed by atoms with Gasteiger partial charge in [0.1, 0.15) is 13.2 Å². The first-order chi connectivity index (χ1) is 18.0. The molecular formula is C30H35NO6. The molecule has 0 unspecified atom stereocenters. The Bertz CT molecular complexity index is 1030. The molecule has 2 heterocycles. The minimum absolute atomic E-state index is 0.0263. The van der Waals surface area contributed by atoms with Crippen molar-refractivity contribution >= 4 is 18.0 Å². The van der Waals surface area contributed by atoms with Crippen molar-refractivity contribution in [3.05, 3.63) is 90.7 Å². The molecule has 0 atom stereocenters. The van der Waals surface area contributed by atoms with Crippen LogP contribution < -0.4 is 0 Å². The lowest BCUT2D eigenvalue weighted by Crippen LogP contribution is -2.46. The highest BCUT2D eigenvalue weighted by molar-refractivity contribution is 5.81. The van der Waals surface area contributed by atoms with E-state index in [4.69, 9.17) is 18.9 Å². The summed E-state index contributed by atoms with van der Waals surface area (Å²) in [4.78, 5) is 25.6. The number of ether oxygens (including phenoxy) is 4. The normalized spacial score (nSPS) is 20.0. The quantitative estimate of drug-likeness (QED) is 0.331. The Kier molecular flexibility index (Phi) is 9.14. The van der Waals surface area contributed by atoms with Gasteiger partial charge >= 0.3 is 11.9 Å². The van der Waals surface area contributed by atoms with Crippen LogP contribution in [0, 0.1) is 5.41 Å². The van der Waals surface area contributed by atoms with Crippen molar-refractivity contribution in [3.8, 4) is 0 Å². The van der Waals surface area contributed by atoms with Crippen LogP contribution in [0.15, 0.2) is 79.6 Å². The molecule has 0 spiro atoms. The highest BCUT2D eigenvalue weighted by Gasteiger charge is 2.40. The molecule has 196 valence electrons. The number of hydrogen-bond acceptors (Lipinski definition) is 7. The van der Waals surface area contributed by atoms with Crippen molar-refractivity contribution in [2.75, 3.05) is 33.0 Å². The van der Waals surface area contributed by atoms with Crippen molar-refractivity contribution < 1.29 is 28.5 Å². The molecule has 2 fully saturated rings. The highest BCUT2D eigenvalue weighted by Crippen LogP contribution is 2.33. The van der Waals surface area contributed by atoms with E-state index in [1.54, 1.807) is 0 Å². The van der Waals surface area contributed by atoms with Gasteiger partial charge in [-0.3, -0.25) is 0 Å². The highest BCUT2D eigenvalue weighted by atomic mass is 16.7. The van der Waals surface area contributed by atoms with Gasteiger partial charge in [-0.2, -0.15) is 0 Å². The van der Waals surface area contributed by atoms with E-state index in [0.717, 1.165) is 29.8 Å². The number of nitrogens with zero attached hydrogens (tertiary/aromatic N) is 1. The lowest BCUT2D eigenvalue weighted by atomic mass is 9.91. The summed E-state index contributed by atoms with van der Waals surface area (Å²) in [5.41, 5.74) is 2.35. The molecule has 37 heavy (non-hydrogen) atoms. The number of benzene rings is 1. The molecule has 7 nitrogen and oxygen atoms in total. The van der Waals surface area contributed by atoms with Gasteiger partial charge in [0.25, 0.3) is 0 Å². The molecule has 0 radical (unpaired) electrons. The molecule has 1 aromatic rings. The van der Waals surface area contributed by atoms with Gasteiger partial charge in [-0.1, -0.05) is 68.5 Å². The third-order valence-corrected chi connectivity index (χ3v) is 6.92. The predicted molar refractivity (Wildman–Crippen MR) is 141 cm³/mol. The van der Waals surface area contributed by atoms with Crippen molar-refractivity contribution in [3.63, 3.8) is 0 Å². The Morgan fingerprint density at radius 2 is 1.59 bits per heavy atom. The smallest absolute Gasteiger partial charge is 0.330 e. The Balaban J connectivity index is 1.30. The van der Waals surface area contributed by atoms with Crippen molar-refractivity contribution in [2.24, 2.45) is 5.41 Å². The van der Waals surface area contributed by atoms with Crippen LogP contribution in [0.25, 0.3) is 6.08 Å². The number of hydrogen-bond donors (Lipinski definition) is 0. The molecule has 0 amide bonds. The van der Waals surface area contributed by atoms with E-state index in [-0.39, 0.29) is 26.4 Å². The van der Waals surface area contributed by atoms with Gasteiger partial charge in [-0.15, -0.1) is 0 Å². The van der Waals surface area contributed by atoms with Gasteiger partial charge in [-0.05, 0) is 30.1 Å². The topological polar surface area (TPSA) is 74.3 Å². The zero-order valence-corrected chi connectivity index (χ0v) is 21.2. The number of esters is 2. The molecule has 7 heteroatoms. The molecule has 0 N–H and O–H groups in total. The van der Waals surface area contributed by atoms with Crippen LogP contribution in [0.3, 0.4) is 0 Å². The Morgan fingerprint density at radius 3 is 2.14 bits per heavy atom. The van der Waals surface area contributed by atoms with Crippen LogP contribution >= 0.6 is 0 Å². The molecule has 2 aliphatic heterocycles. The summed E-state index contributed by atoms with van der Waals surface area (Å²) in [6.45, 7) is 8.09. The standard InChI is InChI=1S/C30H35NO6/c1-3-27(32)34-19-30(20-35-28(33)4-2)21-36-29(37-22-30)25-13-11-23(12-14-25)9-10-24-15-17-31(18-16-24)26-7-5-6-8-26/h3-4,9-17,26,29H,1-2,5-8,18-22H2. The van der Waals surface area contributed by atoms with Crippen LogP contribution in [0.2, 0.25) is 0 Å². The third-order valence-electron chi connectivity index (χ3n) is 6.92. The van der Waals surface area contributed by atoms with Gasteiger partial charge in [0, 0.05) is 36.5 Å². The molecule has 3 aliphatic rings. The molecule has 0 bridgehead atoms. The minimum Gasteiger partial charge on any atom is -0.462 e. The number of allylic oxidation sites excluding steroid dienone is 3. The summed E-state index contributed by atoms with van der Waals surface area (Å²) in [5.74, 6) is -1.13. The second kappa shape index (κ2) is 12.7. The van der Waals surface area contributed by atoms with Crippen molar-refractivity contribution in [1.82, 2.24) is 4.90 Å². The van der Waals surface area contributed by atoms with Crippen LogP contribution in [-0.4, -0.2) is 55.9 Å². The summed E-state index contributed by atoms with van der Waals surface area (Å²) in [7, 11) is 0. The first-order valence-corrected chi connectivity index (χ1v) is 12.7. The SMILES string of the molecule is C=CC(=O)OCC1(COC(=O)C=C)COC(c2ccc(C=CC3=CCN(C4CCCC4)C=C3)cc2)OC1. The predicted octanol–water partition coefficient (Wildman–Crippen LogP) is 4.89. The third kappa shape index (κ3) is 7.31. The molecule has 1 aromatic carbocycles. The summed E-state index contributed by atoms with van der Waals surface area (Å²) in [6, 6.07) is 8.69. The number of carbonyl (C=O) groups excluding carboxylic acids is 2. The summed E-state index contributed by atoms with van der Waals surface area (Å²) < 4.78 is 22.3. The molecule has 1 aliphatic carbocycles. The molecule has 4 rings (SSSR count). The Labute approximate surface area is 218 Å². The van der Waals surface area contributed by atoms with E-state index in [9.17, 15) is 9.59 Å². The maximum absolute atomic E-state index is 11.6. The minimum atomic E-state index is -0.814. The molecule has 0 aromatic heterocycles. The van der Waals surface area contributed by atoms with Gasteiger partial charge in [-0.25, -0.2) is 9.59 Å². The van der Waals surface area contributed by atoms with E-state index in [1.165, 1.54) is 31.3 Å². The zero-order valence-electron chi connectivity index (χ0n) is 21.2. The summed E-state index contributed by atoms with van der Waals surface area (Å²) in [5, 5.41) is 0. The van der Waals surface area contributed by atoms with E-state index < -0.39 is 23.6 Å². The maximum Gasteiger partial charge on any atom is 0.330 e. The van der Waals surface area contributed by atoms with Crippen molar-refractivity contribution in [1.29, 1.82) is 0 Å². The van der Waals surface area contributed by atoms with Crippen LogP contribution in [0.1, 0.15) is 43.1 Å². The first kappa shape index (κ1) is 26.6. The largest absolute Gasteiger partial charge is 0.462 e. The lowest BCUT2D eigenvalue weighted by Gasteiger charge is -2.38. The van der Waals surface area contributed by atoms with Crippen molar-refractivity contribution in [2.45, 2.75) is 38.0 Å². The monoisotopic (exact) mass is 505 g/mol. The second-order valence-corrected chi connectivity index (χ2v) is 9.73. The molecule has 1 saturated carbocycles. The van der Waals surface area contributed by atoms with E-state index in [2.05, 4.69) is 48.6 Å². The van der Waals surface area contributed by atoms with Gasteiger partial charge < -0.3 is 23.8 Å². The molecular weight excluding hydrogens is 470 g/mol. The lowest BCUT2D eigenvalue weighted by molar-refractivity contribution is -0.251. The first-order valence-electron chi connectivity index (χ1n) is 12.7. The van der Waals surface area contributed by atoms with Gasteiger partial charge in [0.15, 0.2) is 6.29 Å². The van der Waals surface area contributed by atoms with E-state index >= 15 is 0 Å². The fraction of sp³-hybridized carbons (Fsp3) is 0.400. The van der Waals surface area contributed by atoms with Crippen LogP contribution in [0.5, 0.6) is 0 Å². The average molecular weight is 506 g/mol. The number of carbonyl (C=O) groups is 2. The zero-order chi connectivity index (χ0) is 26.1. The molecule has 1 saturated heterocycles. The second-order valence-electron chi connectivity index (χ2n) is 9.73. The van der Waals surface area contributed by atoms with Gasteiger partial charge in [0.05, 0.1) is 18.6 Å². The summed E-state index contributed by atoms with van der Waals surface area (Å²) >= 11 is 0. The summed E-state index contributed by atoms with van der Waals surface area (Å²) in [6.07, 6.45) is 17.8. The Morgan fingerprint density at radius 1 is 0.973 bits per heavy atom. The van der Waals surface area contributed by atoms with E-state index in [1.807, 2.05) is 24.3 Å². The van der Waals surface area contributed by atoms with Gasteiger partial charge in [0.2, 0.25) is 0 Å². The average Bonchev–Trinajstić information content (AvgIpc) is 3.50. The fourth-order valence-corrected chi connectivity index (χ4v) is 4.67. The van der Waals surface area contributed by atoms with E-state index in [0.29, 0.717) is 6.04 Å². The fourth-order valence-electron chi connectivity index (χ4n) is 4.67. The number of rotatable bonds is 10. The van der Waals surface area contributed by atoms with Crippen LogP contribution in [0.4, 0.5) is 0 Å². The maximum atomic E-state index is 11.6. The van der Waals surface area contributed by atoms with Crippen LogP contribution in [-0.2, 0) is 28.5 Å².